The van der Waals surface area contributed by atoms with Crippen LogP contribution in [-0.2, 0) is 9.59 Å². The van der Waals surface area contributed by atoms with E-state index in [4.69, 9.17) is 10.5 Å². The number of carbonyl (C=O) groups is 2. The van der Waals surface area contributed by atoms with Crippen LogP contribution in [0.4, 0.5) is 10.1 Å². The number of primary amides is 1. The van der Waals surface area contributed by atoms with E-state index in [0.717, 1.165) is 0 Å². The lowest BCUT2D eigenvalue weighted by atomic mass is 10.2. The van der Waals surface area contributed by atoms with Crippen molar-refractivity contribution in [3.8, 4) is 5.75 Å². The van der Waals surface area contributed by atoms with Gasteiger partial charge in [0.2, 0.25) is 5.91 Å². The van der Waals surface area contributed by atoms with Crippen molar-refractivity contribution in [2.75, 3.05) is 18.1 Å². The minimum atomic E-state index is -0.533. The van der Waals surface area contributed by atoms with Crippen LogP contribution in [0.3, 0.4) is 0 Å². The standard InChI is InChI=1S/C17H15Br2FN2O3/c18-13-2-1-3-14(19)17(13)25-10-16(24)22(9-8-15(21)23)12-6-4-11(20)5-7-12/h1-7H,8-10H2,(H2,21,23). The van der Waals surface area contributed by atoms with E-state index in [-0.39, 0.29) is 25.5 Å². The Balaban J connectivity index is 2.14. The number of nitrogens with two attached hydrogens (primary N) is 1. The second-order valence-electron chi connectivity index (χ2n) is 5.08. The molecule has 0 aliphatic rings. The molecule has 0 aliphatic heterocycles. The van der Waals surface area contributed by atoms with Crippen molar-refractivity contribution in [2.45, 2.75) is 6.42 Å². The monoisotopic (exact) mass is 472 g/mol. The van der Waals surface area contributed by atoms with Gasteiger partial charge in [-0.3, -0.25) is 9.59 Å². The molecule has 0 bridgehead atoms. The van der Waals surface area contributed by atoms with Gasteiger partial charge in [-0.15, -0.1) is 0 Å². The lowest BCUT2D eigenvalue weighted by Gasteiger charge is -2.22. The Hall–Kier alpha value is -1.93. The molecule has 132 valence electrons. The van der Waals surface area contributed by atoms with Crippen LogP contribution in [0.15, 0.2) is 51.4 Å². The topological polar surface area (TPSA) is 72.6 Å². The van der Waals surface area contributed by atoms with E-state index in [1.807, 2.05) is 6.07 Å². The van der Waals surface area contributed by atoms with Gasteiger partial charge in [0.15, 0.2) is 6.61 Å². The highest BCUT2D eigenvalue weighted by atomic mass is 79.9. The first-order valence-corrected chi connectivity index (χ1v) is 8.88. The number of hydrogen-bond acceptors (Lipinski definition) is 3. The first-order chi connectivity index (χ1) is 11.9. The molecular formula is C17H15Br2FN2O3. The van der Waals surface area contributed by atoms with Gasteiger partial charge < -0.3 is 15.4 Å². The molecular weight excluding hydrogens is 459 g/mol. The summed E-state index contributed by atoms with van der Waals surface area (Å²) >= 11 is 6.71. The molecule has 0 atom stereocenters. The second-order valence-corrected chi connectivity index (χ2v) is 6.79. The van der Waals surface area contributed by atoms with Crippen molar-refractivity contribution < 1.29 is 18.7 Å². The molecule has 0 fully saturated rings. The maximum Gasteiger partial charge on any atom is 0.264 e. The second kappa shape index (κ2) is 8.96. The van der Waals surface area contributed by atoms with Crippen LogP contribution in [0, 0.1) is 5.82 Å². The molecule has 0 saturated heterocycles. The molecule has 2 N–H and O–H groups in total. The number of ether oxygens (including phenoxy) is 1. The molecule has 2 aromatic rings. The average Bonchev–Trinajstić information content (AvgIpc) is 2.56. The first-order valence-electron chi connectivity index (χ1n) is 7.29. The molecule has 5 nitrogen and oxygen atoms in total. The van der Waals surface area contributed by atoms with E-state index < -0.39 is 11.7 Å². The fraction of sp³-hybridized carbons (Fsp3) is 0.176. The van der Waals surface area contributed by atoms with Crippen molar-refractivity contribution in [2.24, 2.45) is 5.73 Å². The van der Waals surface area contributed by atoms with E-state index in [1.165, 1.54) is 29.2 Å². The van der Waals surface area contributed by atoms with Gasteiger partial charge in [-0.2, -0.15) is 0 Å². The number of benzene rings is 2. The molecule has 0 heterocycles. The van der Waals surface area contributed by atoms with E-state index >= 15 is 0 Å². The highest BCUT2D eigenvalue weighted by Crippen LogP contribution is 2.33. The summed E-state index contributed by atoms with van der Waals surface area (Å²) in [6.45, 7) is -0.169. The maximum atomic E-state index is 13.1. The van der Waals surface area contributed by atoms with Crippen molar-refractivity contribution >= 4 is 49.4 Å². The van der Waals surface area contributed by atoms with Crippen molar-refractivity contribution in [1.29, 1.82) is 0 Å². The number of para-hydroxylation sites is 1. The van der Waals surface area contributed by atoms with Crippen LogP contribution < -0.4 is 15.4 Å². The van der Waals surface area contributed by atoms with E-state index in [2.05, 4.69) is 31.9 Å². The largest absolute Gasteiger partial charge is 0.481 e. The number of anilines is 1. The molecule has 0 aromatic heterocycles. The first kappa shape index (κ1) is 19.4. The zero-order valence-corrected chi connectivity index (χ0v) is 16.2. The number of nitrogens with zero attached hydrogens (tertiary/aromatic N) is 1. The van der Waals surface area contributed by atoms with Gasteiger partial charge in [-0.25, -0.2) is 4.39 Å². The lowest BCUT2D eigenvalue weighted by Crippen LogP contribution is -2.37. The maximum absolute atomic E-state index is 13.1. The average molecular weight is 474 g/mol. The Morgan fingerprint density at radius 3 is 2.24 bits per heavy atom. The van der Waals surface area contributed by atoms with Crippen molar-refractivity contribution in [3.63, 3.8) is 0 Å². The lowest BCUT2D eigenvalue weighted by molar-refractivity contribution is -0.120. The number of carbonyl (C=O) groups excluding carboxylic acids is 2. The fourth-order valence-electron chi connectivity index (χ4n) is 2.07. The van der Waals surface area contributed by atoms with E-state index in [0.29, 0.717) is 20.4 Å². The molecule has 8 heteroatoms. The Morgan fingerprint density at radius 1 is 1.08 bits per heavy atom. The van der Waals surface area contributed by atoms with E-state index in [9.17, 15) is 14.0 Å². The molecule has 0 unspecified atom stereocenters. The van der Waals surface area contributed by atoms with Crippen molar-refractivity contribution in [1.82, 2.24) is 0 Å². The highest BCUT2D eigenvalue weighted by Gasteiger charge is 2.18. The minimum Gasteiger partial charge on any atom is -0.481 e. The van der Waals surface area contributed by atoms with Gasteiger partial charge in [0.1, 0.15) is 11.6 Å². The summed E-state index contributed by atoms with van der Waals surface area (Å²) < 4.78 is 20.1. The summed E-state index contributed by atoms with van der Waals surface area (Å²) in [5.41, 5.74) is 5.63. The summed E-state index contributed by atoms with van der Waals surface area (Å²) in [4.78, 5) is 25.0. The smallest absolute Gasteiger partial charge is 0.264 e. The van der Waals surface area contributed by atoms with Gasteiger partial charge in [0.25, 0.3) is 5.91 Å². The highest BCUT2D eigenvalue weighted by molar-refractivity contribution is 9.11. The minimum absolute atomic E-state index is 0.0121. The Morgan fingerprint density at radius 2 is 1.68 bits per heavy atom. The van der Waals surface area contributed by atoms with Gasteiger partial charge in [0.05, 0.1) is 8.95 Å². The van der Waals surface area contributed by atoms with Gasteiger partial charge in [-0.05, 0) is 68.3 Å². The summed E-state index contributed by atoms with van der Waals surface area (Å²) in [6, 6.07) is 10.8. The Kier molecular flexibility index (Phi) is 6.95. The summed E-state index contributed by atoms with van der Waals surface area (Å²) in [6.07, 6.45) is -0.0121. The van der Waals surface area contributed by atoms with Gasteiger partial charge in [-0.1, -0.05) is 6.07 Å². The molecule has 0 saturated carbocycles. The van der Waals surface area contributed by atoms with Crippen LogP contribution in [0.5, 0.6) is 5.75 Å². The van der Waals surface area contributed by atoms with Crippen LogP contribution >= 0.6 is 31.9 Å². The zero-order chi connectivity index (χ0) is 18.4. The third-order valence-electron chi connectivity index (χ3n) is 3.28. The Labute approximate surface area is 161 Å². The van der Waals surface area contributed by atoms with Crippen LogP contribution in [0.25, 0.3) is 0 Å². The summed E-state index contributed by atoms with van der Waals surface area (Å²) in [7, 11) is 0. The molecule has 25 heavy (non-hydrogen) atoms. The molecule has 0 spiro atoms. The summed E-state index contributed by atoms with van der Waals surface area (Å²) in [5, 5.41) is 0. The normalized spacial score (nSPS) is 10.4. The third-order valence-corrected chi connectivity index (χ3v) is 4.53. The number of rotatable bonds is 7. The number of halogens is 3. The molecule has 2 rings (SSSR count). The summed E-state index contributed by atoms with van der Waals surface area (Å²) in [5.74, 6) is -0.839. The van der Waals surface area contributed by atoms with Crippen molar-refractivity contribution in [3.05, 3.63) is 57.2 Å². The molecule has 0 aliphatic carbocycles. The van der Waals surface area contributed by atoms with Gasteiger partial charge >= 0.3 is 0 Å². The number of hydrogen-bond donors (Lipinski definition) is 1. The fourth-order valence-corrected chi connectivity index (χ4v) is 3.30. The SMILES string of the molecule is NC(=O)CCN(C(=O)COc1c(Br)cccc1Br)c1ccc(F)cc1. The Bertz CT molecular complexity index is 749. The molecule has 0 radical (unpaired) electrons. The van der Waals surface area contributed by atoms with E-state index in [1.54, 1.807) is 12.1 Å². The predicted molar refractivity (Wildman–Crippen MR) is 99.9 cm³/mol. The quantitative estimate of drug-likeness (QED) is 0.667. The third kappa shape index (κ3) is 5.54. The zero-order valence-electron chi connectivity index (χ0n) is 13.0. The van der Waals surface area contributed by atoms with Gasteiger partial charge in [0, 0.05) is 18.7 Å². The van der Waals surface area contributed by atoms with Crippen LogP contribution in [0.2, 0.25) is 0 Å². The molecule has 2 amide bonds. The predicted octanol–water partition coefficient (Wildman–Crippen LogP) is 3.64. The number of amides is 2. The van der Waals surface area contributed by atoms with Crippen LogP contribution in [-0.4, -0.2) is 25.0 Å². The molecule has 2 aromatic carbocycles. The van der Waals surface area contributed by atoms with Crippen LogP contribution in [0.1, 0.15) is 6.42 Å².